The Hall–Kier alpha value is -2.28. The summed E-state index contributed by atoms with van der Waals surface area (Å²) in [6.45, 7) is 0. The molecule has 2 aromatic rings. The summed E-state index contributed by atoms with van der Waals surface area (Å²) in [5, 5.41) is 9.56. The average molecular weight is 214 g/mol. The first kappa shape index (κ1) is 10.2. The number of hydrogen-bond acceptors (Lipinski definition) is 3. The molecule has 1 aromatic carbocycles. The van der Waals surface area contributed by atoms with Crippen LogP contribution in [0.15, 0.2) is 24.4 Å². The largest absolute Gasteiger partial charge is 0.465 e. The lowest BCUT2D eigenvalue weighted by molar-refractivity contribution is 0.0601. The Morgan fingerprint density at radius 2 is 2.38 bits per heavy atom. The monoisotopic (exact) mass is 214 g/mol. The molecule has 0 aliphatic carbocycles. The van der Waals surface area contributed by atoms with Crippen molar-refractivity contribution in [1.82, 2.24) is 4.98 Å². The minimum Gasteiger partial charge on any atom is -0.465 e. The Morgan fingerprint density at radius 1 is 1.56 bits per heavy atom. The Balaban J connectivity index is 2.55. The van der Waals surface area contributed by atoms with Crippen LogP contribution in [0.25, 0.3) is 10.9 Å². The number of aromatic nitrogens is 1. The molecular formula is C12H10N2O2. The van der Waals surface area contributed by atoms with Gasteiger partial charge in [-0.15, -0.1) is 0 Å². The van der Waals surface area contributed by atoms with Gasteiger partial charge in [0.15, 0.2) is 0 Å². The molecule has 0 aliphatic rings. The Morgan fingerprint density at radius 3 is 3.06 bits per heavy atom. The van der Waals surface area contributed by atoms with Gasteiger partial charge in [0.2, 0.25) is 0 Å². The van der Waals surface area contributed by atoms with Crippen LogP contribution in [-0.4, -0.2) is 18.1 Å². The Bertz CT molecular complexity index is 578. The van der Waals surface area contributed by atoms with Crippen molar-refractivity contribution in [2.75, 3.05) is 7.11 Å². The second-order valence-corrected chi connectivity index (χ2v) is 3.40. The molecule has 2 rings (SSSR count). The predicted octanol–water partition coefficient (Wildman–Crippen LogP) is 2.02. The van der Waals surface area contributed by atoms with Crippen molar-refractivity contribution >= 4 is 16.9 Å². The fraction of sp³-hybridized carbons (Fsp3) is 0.167. The molecule has 0 fully saturated rings. The van der Waals surface area contributed by atoms with E-state index in [0.717, 1.165) is 16.5 Å². The zero-order chi connectivity index (χ0) is 11.5. The van der Waals surface area contributed by atoms with Gasteiger partial charge in [0.1, 0.15) is 0 Å². The molecule has 0 radical (unpaired) electrons. The maximum Gasteiger partial charge on any atom is 0.337 e. The van der Waals surface area contributed by atoms with Crippen LogP contribution in [0.5, 0.6) is 0 Å². The molecule has 0 spiro atoms. The number of aromatic amines is 1. The lowest BCUT2D eigenvalue weighted by atomic mass is 10.1. The maximum atomic E-state index is 11.4. The minimum absolute atomic E-state index is 0.324. The number of nitrogens with one attached hydrogen (secondary N) is 1. The highest BCUT2D eigenvalue weighted by atomic mass is 16.5. The van der Waals surface area contributed by atoms with E-state index in [-0.39, 0.29) is 5.97 Å². The molecule has 0 saturated heterocycles. The quantitative estimate of drug-likeness (QED) is 0.778. The molecule has 0 atom stereocenters. The van der Waals surface area contributed by atoms with E-state index in [0.29, 0.717) is 12.0 Å². The van der Waals surface area contributed by atoms with Crippen molar-refractivity contribution in [3.8, 4) is 6.07 Å². The van der Waals surface area contributed by atoms with Crippen LogP contribution in [0.1, 0.15) is 15.9 Å². The lowest BCUT2D eigenvalue weighted by Crippen LogP contribution is -2.00. The molecule has 0 saturated carbocycles. The van der Waals surface area contributed by atoms with Crippen LogP contribution < -0.4 is 0 Å². The van der Waals surface area contributed by atoms with Gasteiger partial charge in [0, 0.05) is 17.1 Å². The van der Waals surface area contributed by atoms with Crippen LogP contribution in [0.2, 0.25) is 0 Å². The number of hydrogen-bond donors (Lipinski definition) is 1. The second-order valence-electron chi connectivity index (χ2n) is 3.40. The Labute approximate surface area is 92.4 Å². The molecule has 0 unspecified atom stereocenters. The molecule has 16 heavy (non-hydrogen) atoms. The normalized spacial score (nSPS) is 10.0. The van der Waals surface area contributed by atoms with E-state index in [2.05, 4.69) is 15.8 Å². The first-order chi connectivity index (χ1) is 7.76. The van der Waals surface area contributed by atoms with Gasteiger partial charge in [-0.3, -0.25) is 0 Å². The number of benzene rings is 1. The zero-order valence-corrected chi connectivity index (χ0v) is 8.78. The molecule has 1 N–H and O–H groups in total. The summed E-state index contributed by atoms with van der Waals surface area (Å²) < 4.78 is 4.65. The number of methoxy groups -OCH3 is 1. The first-order valence-corrected chi connectivity index (χ1v) is 4.81. The van der Waals surface area contributed by atoms with Crippen molar-refractivity contribution < 1.29 is 9.53 Å². The number of carbonyl (C=O) groups excluding carboxylic acids is 1. The number of nitrogens with zero attached hydrogens (tertiary/aromatic N) is 1. The standard InChI is InChI=1S/C12H10N2O2/c1-16-12(15)8-2-3-11-10(6-8)9(4-5-13)7-14-11/h2-3,6-7,14H,4H2,1H3. The van der Waals surface area contributed by atoms with E-state index in [1.807, 2.05) is 6.07 Å². The van der Waals surface area contributed by atoms with Crippen LogP contribution >= 0.6 is 0 Å². The van der Waals surface area contributed by atoms with Gasteiger partial charge in [-0.05, 0) is 23.8 Å². The van der Waals surface area contributed by atoms with Gasteiger partial charge in [-0.2, -0.15) is 5.26 Å². The minimum atomic E-state index is -0.369. The highest BCUT2D eigenvalue weighted by molar-refractivity contribution is 5.95. The number of H-pyrrole nitrogens is 1. The molecule has 4 heteroatoms. The summed E-state index contributed by atoms with van der Waals surface area (Å²) in [7, 11) is 1.35. The molecule has 80 valence electrons. The summed E-state index contributed by atoms with van der Waals surface area (Å²) in [4.78, 5) is 14.4. The summed E-state index contributed by atoms with van der Waals surface area (Å²) in [6.07, 6.45) is 2.11. The predicted molar refractivity (Wildman–Crippen MR) is 59.0 cm³/mol. The van der Waals surface area contributed by atoms with Crippen molar-refractivity contribution in [3.05, 3.63) is 35.5 Å². The van der Waals surface area contributed by atoms with Crippen molar-refractivity contribution in [2.45, 2.75) is 6.42 Å². The van der Waals surface area contributed by atoms with Crippen LogP contribution in [0.4, 0.5) is 0 Å². The zero-order valence-electron chi connectivity index (χ0n) is 8.78. The van der Waals surface area contributed by atoms with Crippen molar-refractivity contribution in [2.24, 2.45) is 0 Å². The number of fused-ring (bicyclic) bond motifs is 1. The van der Waals surface area contributed by atoms with Gasteiger partial charge < -0.3 is 9.72 Å². The lowest BCUT2D eigenvalue weighted by Gasteiger charge is -1.99. The summed E-state index contributed by atoms with van der Waals surface area (Å²) in [6, 6.07) is 7.33. The van der Waals surface area contributed by atoms with E-state index < -0.39 is 0 Å². The topological polar surface area (TPSA) is 65.9 Å². The third kappa shape index (κ3) is 1.63. The number of esters is 1. The number of rotatable bonds is 2. The summed E-state index contributed by atoms with van der Waals surface area (Å²) >= 11 is 0. The molecule has 0 bridgehead atoms. The Kier molecular flexibility index (Phi) is 2.61. The highest BCUT2D eigenvalue weighted by Crippen LogP contribution is 2.20. The van der Waals surface area contributed by atoms with E-state index in [1.165, 1.54) is 7.11 Å². The van der Waals surface area contributed by atoms with E-state index in [9.17, 15) is 4.79 Å². The van der Waals surface area contributed by atoms with Gasteiger partial charge >= 0.3 is 5.97 Å². The van der Waals surface area contributed by atoms with Crippen molar-refractivity contribution in [3.63, 3.8) is 0 Å². The molecule has 0 amide bonds. The molecule has 4 nitrogen and oxygen atoms in total. The summed E-state index contributed by atoms with van der Waals surface area (Å²) in [5.74, 6) is -0.369. The van der Waals surface area contributed by atoms with E-state index in [1.54, 1.807) is 18.3 Å². The number of ether oxygens (including phenoxy) is 1. The molecule has 1 aromatic heterocycles. The smallest absolute Gasteiger partial charge is 0.337 e. The van der Waals surface area contributed by atoms with Crippen LogP contribution in [0.3, 0.4) is 0 Å². The first-order valence-electron chi connectivity index (χ1n) is 4.81. The van der Waals surface area contributed by atoms with E-state index in [4.69, 9.17) is 5.26 Å². The van der Waals surface area contributed by atoms with Gasteiger partial charge in [-0.1, -0.05) is 0 Å². The average Bonchev–Trinajstić information content (AvgIpc) is 2.71. The SMILES string of the molecule is COC(=O)c1ccc2[nH]cc(CC#N)c2c1. The van der Waals surface area contributed by atoms with Gasteiger partial charge in [0.05, 0.1) is 25.2 Å². The molecule has 0 aliphatic heterocycles. The summed E-state index contributed by atoms with van der Waals surface area (Å²) in [5.41, 5.74) is 2.30. The third-order valence-corrected chi connectivity index (χ3v) is 2.46. The maximum absolute atomic E-state index is 11.4. The van der Waals surface area contributed by atoms with Gasteiger partial charge in [-0.25, -0.2) is 4.79 Å². The fourth-order valence-electron chi connectivity index (χ4n) is 1.65. The van der Waals surface area contributed by atoms with Crippen LogP contribution in [-0.2, 0) is 11.2 Å². The van der Waals surface area contributed by atoms with Gasteiger partial charge in [0.25, 0.3) is 0 Å². The molecular weight excluding hydrogens is 204 g/mol. The van der Waals surface area contributed by atoms with E-state index >= 15 is 0 Å². The highest BCUT2D eigenvalue weighted by Gasteiger charge is 2.09. The van der Waals surface area contributed by atoms with Crippen LogP contribution in [0, 0.1) is 11.3 Å². The number of nitriles is 1. The third-order valence-electron chi connectivity index (χ3n) is 2.46. The fourth-order valence-corrected chi connectivity index (χ4v) is 1.65. The number of carbonyl (C=O) groups is 1. The second kappa shape index (κ2) is 4.07. The molecule has 1 heterocycles. The van der Waals surface area contributed by atoms with Crippen molar-refractivity contribution in [1.29, 1.82) is 5.26 Å².